The molecule has 0 saturated carbocycles. The number of ether oxygens (including phenoxy) is 1. The molecule has 1 aromatic carbocycles. The van der Waals surface area contributed by atoms with E-state index in [9.17, 15) is 4.79 Å². The van der Waals surface area contributed by atoms with Crippen LogP contribution in [-0.2, 0) is 6.61 Å². The van der Waals surface area contributed by atoms with E-state index in [4.69, 9.17) is 14.3 Å². The minimum Gasteiger partial charge on any atom is -0.486 e. The standard InChI is InChI=1S/C14H14BrNO4/c15-10-1-3-11(4-2-10)19-9-12-5-6-13(20-12)14(18)16-7-8-17/h1-6,17H,7-9H2,(H,16,18). The Bertz CT molecular complexity index is 565. The second-order valence-corrected chi connectivity index (χ2v) is 4.90. The van der Waals surface area contributed by atoms with Gasteiger partial charge in [0.05, 0.1) is 6.61 Å². The van der Waals surface area contributed by atoms with Crippen LogP contribution in [0.1, 0.15) is 16.3 Å². The number of aliphatic hydroxyl groups excluding tert-OH is 1. The van der Waals surface area contributed by atoms with Crippen molar-refractivity contribution in [2.75, 3.05) is 13.2 Å². The maximum atomic E-state index is 11.6. The molecule has 1 heterocycles. The van der Waals surface area contributed by atoms with Crippen LogP contribution >= 0.6 is 15.9 Å². The van der Waals surface area contributed by atoms with Gasteiger partial charge in [-0.05, 0) is 36.4 Å². The Hall–Kier alpha value is -1.79. The minimum atomic E-state index is -0.353. The van der Waals surface area contributed by atoms with Crippen molar-refractivity contribution in [2.45, 2.75) is 6.61 Å². The Balaban J connectivity index is 1.89. The van der Waals surface area contributed by atoms with Crippen LogP contribution < -0.4 is 10.1 Å². The highest BCUT2D eigenvalue weighted by atomic mass is 79.9. The molecule has 106 valence electrons. The number of nitrogens with one attached hydrogen (secondary N) is 1. The molecule has 0 saturated heterocycles. The van der Waals surface area contributed by atoms with Crippen molar-refractivity contribution in [3.63, 3.8) is 0 Å². The summed E-state index contributed by atoms with van der Waals surface area (Å²) in [5.74, 6) is 1.12. The highest BCUT2D eigenvalue weighted by Crippen LogP contribution is 2.18. The molecule has 0 aliphatic carbocycles. The lowest BCUT2D eigenvalue weighted by atomic mass is 10.3. The first-order chi connectivity index (χ1) is 9.69. The number of carbonyl (C=O) groups excluding carboxylic acids is 1. The number of rotatable bonds is 6. The number of aliphatic hydroxyl groups is 1. The second kappa shape index (κ2) is 7.12. The molecule has 1 amide bonds. The van der Waals surface area contributed by atoms with Crippen LogP contribution in [-0.4, -0.2) is 24.2 Å². The van der Waals surface area contributed by atoms with Crippen molar-refractivity contribution in [1.29, 1.82) is 0 Å². The summed E-state index contributed by atoms with van der Waals surface area (Å²) in [5, 5.41) is 11.1. The molecule has 5 nitrogen and oxygen atoms in total. The molecule has 2 N–H and O–H groups in total. The van der Waals surface area contributed by atoms with Gasteiger partial charge in [-0.3, -0.25) is 4.79 Å². The Labute approximate surface area is 124 Å². The van der Waals surface area contributed by atoms with Gasteiger partial charge in [0.15, 0.2) is 5.76 Å². The summed E-state index contributed by atoms with van der Waals surface area (Å²) in [6, 6.07) is 10.7. The average Bonchev–Trinajstić information content (AvgIpc) is 2.93. The van der Waals surface area contributed by atoms with Gasteiger partial charge in [0.2, 0.25) is 0 Å². The van der Waals surface area contributed by atoms with Crippen LogP contribution in [0.25, 0.3) is 0 Å². The first-order valence-electron chi connectivity index (χ1n) is 6.05. The number of amides is 1. The van der Waals surface area contributed by atoms with Gasteiger partial charge in [-0.25, -0.2) is 0 Å². The fourth-order valence-electron chi connectivity index (χ4n) is 1.52. The molecule has 0 bridgehead atoms. The van der Waals surface area contributed by atoms with Gasteiger partial charge in [-0.15, -0.1) is 0 Å². The summed E-state index contributed by atoms with van der Waals surface area (Å²) in [6.45, 7) is 0.338. The van der Waals surface area contributed by atoms with Crippen LogP contribution in [0.2, 0.25) is 0 Å². The molecule has 0 atom stereocenters. The largest absolute Gasteiger partial charge is 0.486 e. The summed E-state index contributed by atoms with van der Waals surface area (Å²) in [4.78, 5) is 11.6. The maximum Gasteiger partial charge on any atom is 0.287 e. The molecule has 0 aliphatic rings. The van der Waals surface area contributed by atoms with Crippen LogP contribution in [0.15, 0.2) is 45.3 Å². The molecule has 1 aromatic heterocycles. The van der Waals surface area contributed by atoms with Crippen molar-refractivity contribution in [3.05, 3.63) is 52.4 Å². The molecule has 0 radical (unpaired) electrons. The molecule has 0 unspecified atom stereocenters. The van der Waals surface area contributed by atoms with Gasteiger partial charge in [0, 0.05) is 11.0 Å². The topological polar surface area (TPSA) is 71.7 Å². The Morgan fingerprint density at radius 2 is 2.00 bits per heavy atom. The zero-order valence-electron chi connectivity index (χ0n) is 10.6. The number of furan rings is 1. The molecule has 6 heteroatoms. The monoisotopic (exact) mass is 339 g/mol. The van der Waals surface area contributed by atoms with E-state index in [-0.39, 0.29) is 31.4 Å². The number of carbonyl (C=O) groups is 1. The van der Waals surface area contributed by atoms with Crippen LogP contribution in [0.5, 0.6) is 5.75 Å². The van der Waals surface area contributed by atoms with E-state index in [1.807, 2.05) is 24.3 Å². The quantitative estimate of drug-likeness (QED) is 0.847. The summed E-state index contributed by atoms with van der Waals surface area (Å²) in [6.07, 6.45) is 0. The lowest BCUT2D eigenvalue weighted by Gasteiger charge is -2.04. The minimum absolute atomic E-state index is 0.105. The molecule has 2 rings (SSSR count). The lowest BCUT2D eigenvalue weighted by molar-refractivity contribution is 0.0913. The predicted octanol–water partition coefficient (Wildman–Crippen LogP) is 2.34. The zero-order valence-corrected chi connectivity index (χ0v) is 12.2. The molecular weight excluding hydrogens is 326 g/mol. The number of halogens is 1. The van der Waals surface area contributed by atoms with Crippen molar-refractivity contribution in [2.24, 2.45) is 0 Å². The summed E-state index contributed by atoms with van der Waals surface area (Å²) < 4.78 is 11.9. The number of hydrogen-bond donors (Lipinski definition) is 2. The lowest BCUT2D eigenvalue weighted by Crippen LogP contribution is -2.25. The summed E-state index contributed by atoms with van der Waals surface area (Å²) in [7, 11) is 0. The third-order valence-corrected chi connectivity index (χ3v) is 3.01. The van der Waals surface area contributed by atoms with Gasteiger partial charge in [0.25, 0.3) is 5.91 Å². The molecule has 0 aliphatic heterocycles. The zero-order chi connectivity index (χ0) is 14.4. The highest BCUT2D eigenvalue weighted by Gasteiger charge is 2.10. The van der Waals surface area contributed by atoms with Crippen molar-refractivity contribution >= 4 is 21.8 Å². The van der Waals surface area contributed by atoms with E-state index in [1.165, 1.54) is 0 Å². The van der Waals surface area contributed by atoms with Crippen LogP contribution in [0.4, 0.5) is 0 Å². The highest BCUT2D eigenvalue weighted by molar-refractivity contribution is 9.10. The Morgan fingerprint density at radius 3 is 2.70 bits per heavy atom. The molecule has 0 fully saturated rings. The van der Waals surface area contributed by atoms with Crippen molar-refractivity contribution in [3.8, 4) is 5.75 Å². The third kappa shape index (κ3) is 4.11. The molecule has 20 heavy (non-hydrogen) atoms. The smallest absolute Gasteiger partial charge is 0.287 e. The Morgan fingerprint density at radius 1 is 1.25 bits per heavy atom. The van der Waals surface area contributed by atoms with Crippen molar-refractivity contribution in [1.82, 2.24) is 5.32 Å². The Kier molecular flexibility index (Phi) is 5.20. The van der Waals surface area contributed by atoms with E-state index < -0.39 is 0 Å². The molecule has 2 aromatic rings. The second-order valence-electron chi connectivity index (χ2n) is 3.99. The SMILES string of the molecule is O=C(NCCO)c1ccc(COc2ccc(Br)cc2)o1. The van der Waals surface area contributed by atoms with E-state index in [2.05, 4.69) is 21.2 Å². The van der Waals surface area contributed by atoms with E-state index in [0.717, 1.165) is 10.2 Å². The average molecular weight is 340 g/mol. The first kappa shape index (κ1) is 14.6. The fourth-order valence-corrected chi connectivity index (χ4v) is 1.78. The maximum absolute atomic E-state index is 11.6. The first-order valence-corrected chi connectivity index (χ1v) is 6.84. The fraction of sp³-hybridized carbons (Fsp3) is 0.214. The van der Waals surface area contributed by atoms with Gasteiger partial charge < -0.3 is 19.6 Å². The van der Waals surface area contributed by atoms with E-state index in [1.54, 1.807) is 12.1 Å². The van der Waals surface area contributed by atoms with Crippen molar-refractivity contribution < 1.29 is 19.1 Å². The molecular formula is C14H14BrNO4. The number of benzene rings is 1. The van der Waals surface area contributed by atoms with E-state index >= 15 is 0 Å². The summed E-state index contributed by atoms with van der Waals surface area (Å²) in [5.41, 5.74) is 0. The van der Waals surface area contributed by atoms with Gasteiger partial charge in [0.1, 0.15) is 18.1 Å². The van der Waals surface area contributed by atoms with Crippen LogP contribution in [0.3, 0.4) is 0 Å². The van der Waals surface area contributed by atoms with Gasteiger partial charge in [-0.1, -0.05) is 15.9 Å². The van der Waals surface area contributed by atoms with Crippen LogP contribution in [0, 0.1) is 0 Å². The predicted molar refractivity (Wildman–Crippen MR) is 76.6 cm³/mol. The van der Waals surface area contributed by atoms with Gasteiger partial charge >= 0.3 is 0 Å². The normalized spacial score (nSPS) is 10.3. The third-order valence-electron chi connectivity index (χ3n) is 2.48. The number of hydrogen-bond acceptors (Lipinski definition) is 4. The molecule has 0 spiro atoms. The van der Waals surface area contributed by atoms with E-state index in [0.29, 0.717) is 5.76 Å². The van der Waals surface area contributed by atoms with Gasteiger partial charge in [-0.2, -0.15) is 0 Å². The summed E-state index contributed by atoms with van der Waals surface area (Å²) >= 11 is 3.35.